The summed E-state index contributed by atoms with van der Waals surface area (Å²) in [6.45, 7) is 9.22. The summed E-state index contributed by atoms with van der Waals surface area (Å²) in [5.74, 6) is 0.686. The molecule has 0 spiro atoms. The van der Waals surface area contributed by atoms with Crippen LogP contribution in [-0.2, 0) is 12.0 Å². The van der Waals surface area contributed by atoms with Crippen molar-refractivity contribution >= 4 is 16.6 Å². The summed E-state index contributed by atoms with van der Waals surface area (Å²) < 4.78 is 1.89. The Balaban J connectivity index is 1.76. The third-order valence-electron chi connectivity index (χ3n) is 6.73. The number of para-hydroxylation sites is 1. The Morgan fingerprint density at radius 1 is 1.16 bits per heavy atom. The molecule has 7 heteroatoms. The SMILES string of the molecule is CCC(C)(C)n1nnnc1[C@H](c1cc2cc(C)ccc2[nH]c1=O)N1CCc2ccccc21. The van der Waals surface area contributed by atoms with Crippen molar-refractivity contribution in [1.29, 1.82) is 0 Å². The van der Waals surface area contributed by atoms with Crippen molar-refractivity contribution in [3.63, 3.8) is 0 Å². The second-order valence-corrected chi connectivity index (χ2v) is 9.23. The number of benzene rings is 2. The normalized spacial score (nSPS) is 14.7. The van der Waals surface area contributed by atoms with Gasteiger partial charge < -0.3 is 9.88 Å². The zero-order valence-electron chi connectivity index (χ0n) is 19.0. The molecule has 32 heavy (non-hydrogen) atoms. The van der Waals surface area contributed by atoms with E-state index in [-0.39, 0.29) is 11.1 Å². The van der Waals surface area contributed by atoms with Crippen LogP contribution in [0.2, 0.25) is 0 Å². The Kier molecular flexibility index (Phi) is 4.84. The summed E-state index contributed by atoms with van der Waals surface area (Å²) >= 11 is 0. The van der Waals surface area contributed by atoms with E-state index in [1.807, 2.05) is 28.9 Å². The topological polar surface area (TPSA) is 79.7 Å². The lowest BCUT2D eigenvalue weighted by Crippen LogP contribution is -2.37. The number of aromatic amines is 1. The van der Waals surface area contributed by atoms with E-state index in [0.29, 0.717) is 11.4 Å². The number of anilines is 1. The molecule has 1 aliphatic rings. The number of aryl methyl sites for hydroxylation is 1. The van der Waals surface area contributed by atoms with Crippen LogP contribution < -0.4 is 10.5 Å². The molecule has 0 unspecified atom stereocenters. The third-order valence-corrected chi connectivity index (χ3v) is 6.73. The maximum Gasteiger partial charge on any atom is 0.254 e. The van der Waals surface area contributed by atoms with Crippen LogP contribution in [0.1, 0.15) is 55.7 Å². The van der Waals surface area contributed by atoms with Crippen LogP contribution in [0, 0.1) is 6.92 Å². The number of hydrogen-bond acceptors (Lipinski definition) is 5. The maximum atomic E-state index is 13.4. The Morgan fingerprint density at radius 3 is 2.78 bits per heavy atom. The second-order valence-electron chi connectivity index (χ2n) is 9.23. The number of tetrazole rings is 1. The molecule has 0 saturated carbocycles. The van der Waals surface area contributed by atoms with Crippen molar-refractivity contribution in [1.82, 2.24) is 25.2 Å². The van der Waals surface area contributed by atoms with Gasteiger partial charge in [0, 0.05) is 23.3 Å². The Hall–Kier alpha value is -3.48. The van der Waals surface area contributed by atoms with Crippen LogP contribution in [0.4, 0.5) is 5.69 Å². The molecule has 0 aliphatic carbocycles. The lowest BCUT2D eigenvalue weighted by atomic mass is 9.99. The van der Waals surface area contributed by atoms with E-state index in [4.69, 9.17) is 0 Å². The molecule has 3 heterocycles. The van der Waals surface area contributed by atoms with E-state index in [0.717, 1.165) is 41.5 Å². The number of nitrogens with zero attached hydrogens (tertiary/aromatic N) is 5. The lowest BCUT2D eigenvalue weighted by Gasteiger charge is -2.32. The number of hydrogen-bond donors (Lipinski definition) is 1. The number of fused-ring (bicyclic) bond motifs is 2. The molecule has 0 radical (unpaired) electrons. The first-order valence-electron chi connectivity index (χ1n) is 11.2. The van der Waals surface area contributed by atoms with Gasteiger partial charge in [-0.3, -0.25) is 4.79 Å². The summed E-state index contributed by atoms with van der Waals surface area (Å²) in [6, 6.07) is 16.1. The van der Waals surface area contributed by atoms with Gasteiger partial charge in [0.05, 0.1) is 5.54 Å². The minimum atomic E-state index is -0.395. The molecule has 1 atom stereocenters. The fourth-order valence-electron chi connectivity index (χ4n) is 4.57. The number of H-pyrrole nitrogens is 1. The highest BCUT2D eigenvalue weighted by Crippen LogP contribution is 2.38. The molecule has 5 rings (SSSR count). The number of nitrogens with one attached hydrogen (secondary N) is 1. The van der Waals surface area contributed by atoms with E-state index < -0.39 is 6.04 Å². The van der Waals surface area contributed by atoms with Gasteiger partial charge in [0.25, 0.3) is 5.56 Å². The van der Waals surface area contributed by atoms with Gasteiger partial charge in [-0.05, 0) is 79.3 Å². The first-order valence-corrected chi connectivity index (χ1v) is 11.2. The minimum Gasteiger partial charge on any atom is -0.357 e. The number of pyridine rings is 1. The van der Waals surface area contributed by atoms with Gasteiger partial charge in [0.2, 0.25) is 0 Å². The highest BCUT2D eigenvalue weighted by Gasteiger charge is 2.36. The van der Waals surface area contributed by atoms with Crippen molar-refractivity contribution in [3.8, 4) is 0 Å². The molecule has 0 fully saturated rings. The molecule has 164 valence electrons. The largest absolute Gasteiger partial charge is 0.357 e. The predicted molar refractivity (Wildman–Crippen MR) is 126 cm³/mol. The first-order chi connectivity index (χ1) is 15.4. The monoisotopic (exact) mass is 428 g/mol. The average Bonchev–Trinajstić information content (AvgIpc) is 3.43. The van der Waals surface area contributed by atoms with Crippen LogP contribution in [0.25, 0.3) is 10.9 Å². The molecule has 0 amide bonds. The van der Waals surface area contributed by atoms with Gasteiger partial charge in [-0.2, -0.15) is 0 Å². The zero-order chi connectivity index (χ0) is 22.5. The van der Waals surface area contributed by atoms with E-state index in [9.17, 15) is 4.79 Å². The van der Waals surface area contributed by atoms with Crippen LogP contribution in [0.15, 0.2) is 53.3 Å². The van der Waals surface area contributed by atoms with E-state index in [1.54, 1.807) is 0 Å². The molecule has 0 bridgehead atoms. The fourth-order valence-corrected chi connectivity index (χ4v) is 4.57. The molecule has 2 aromatic carbocycles. The smallest absolute Gasteiger partial charge is 0.254 e. The Morgan fingerprint density at radius 2 is 1.97 bits per heavy atom. The molecular weight excluding hydrogens is 400 g/mol. The van der Waals surface area contributed by atoms with Gasteiger partial charge in [0.1, 0.15) is 6.04 Å². The molecule has 1 aliphatic heterocycles. The summed E-state index contributed by atoms with van der Waals surface area (Å²) in [5, 5.41) is 13.9. The highest BCUT2D eigenvalue weighted by molar-refractivity contribution is 5.80. The van der Waals surface area contributed by atoms with Gasteiger partial charge in [-0.25, -0.2) is 4.68 Å². The Labute approximate surface area is 187 Å². The van der Waals surface area contributed by atoms with E-state index in [2.05, 4.69) is 77.4 Å². The third kappa shape index (κ3) is 3.28. The summed E-state index contributed by atoms with van der Waals surface area (Å²) in [5.41, 5.74) is 4.65. The van der Waals surface area contributed by atoms with Crippen LogP contribution in [0.3, 0.4) is 0 Å². The molecular formula is C25H28N6O. The van der Waals surface area contributed by atoms with Gasteiger partial charge in [-0.15, -0.1) is 5.10 Å². The van der Waals surface area contributed by atoms with Gasteiger partial charge >= 0.3 is 0 Å². The molecule has 2 aromatic heterocycles. The van der Waals surface area contributed by atoms with E-state index in [1.165, 1.54) is 5.56 Å². The number of rotatable bonds is 5. The van der Waals surface area contributed by atoms with Crippen LogP contribution in [-0.4, -0.2) is 31.7 Å². The van der Waals surface area contributed by atoms with Crippen LogP contribution >= 0.6 is 0 Å². The fraction of sp³-hybridized carbons (Fsp3) is 0.360. The number of aromatic nitrogens is 5. The van der Waals surface area contributed by atoms with Gasteiger partial charge in [0.15, 0.2) is 5.82 Å². The van der Waals surface area contributed by atoms with Crippen molar-refractivity contribution in [2.45, 2.75) is 52.1 Å². The predicted octanol–water partition coefficient (Wildman–Crippen LogP) is 4.12. The van der Waals surface area contributed by atoms with Gasteiger partial charge in [-0.1, -0.05) is 36.8 Å². The van der Waals surface area contributed by atoms with Crippen molar-refractivity contribution in [3.05, 3.63) is 81.4 Å². The highest BCUT2D eigenvalue weighted by atomic mass is 16.1. The summed E-state index contributed by atoms with van der Waals surface area (Å²) in [6.07, 6.45) is 1.79. The first kappa shape index (κ1) is 20.4. The van der Waals surface area contributed by atoms with Crippen molar-refractivity contribution < 1.29 is 0 Å². The zero-order valence-corrected chi connectivity index (χ0v) is 19.0. The maximum absolute atomic E-state index is 13.4. The Bertz CT molecular complexity index is 1350. The lowest BCUT2D eigenvalue weighted by molar-refractivity contribution is 0.287. The quantitative estimate of drug-likeness (QED) is 0.517. The molecule has 0 saturated heterocycles. The molecule has 7 nitrogen and oxygen atoms in total. The summed E-state index contributed by atoms with van der Waals surface area (Å²) in [4.78, 5) is 18.8. The minimum absolute atomic E-state index is 0.111. The summed E-state index contributed by atoms with van der Waals surface area (Å²) in [7, 11) is 0. The van der Waals surface area contributed by atoms with E-state index >= 15 is 0 Å². The standard InChI is InChI=1S/C25H28N6O/c1-5-25(3,4)31-23(27-28-29-31)22(30-13-12-17-8-6-7-9-21(17)30)19-15-18-14-16(2)10-11-20(18)26-24(19)32/h6-11,14-15,22H,5,12-13H2,1-4H3,(H,26,32)/t22-/m0/s1. The van der Waals surface area contributed by atoms with Crippen molar-refractivity contribution in [2.24, 2.45) is 0 Å². The van der Waals surface area contributed by atoms with Crippen molar-refractivity contribution in [2.75, 3.05) is 11.4 Å². The van der Waals surface area contributed by atoms with Crippen LogP contribution in [0.5, 0.6) is 0 Å². The average molecular weight is 429 g/mol. The molecule has 1 N–H and O–H groups in total. The second kappa shape index (κ2) is 7.58. The molecule has 4 aromatic rings.